The summed E-state index contributed by atoms with van der Waals surface area (Å²) in [5.41, 5.74) is 7.26. The molecule has 0 aromatic heterocycles. The van der Waals surface area contributed by atoms with Crippen LogP contribution in [0.25, 0.3) is 32.3 Å². The van der Waals surface area contributed by atoms with E-state index < -0.39 is 5.41 Å². The highest BCUT2D eigenvalue weighted by molar-refractivity contribution is 5.94. The average Bonchev–Trinajstić information content (AvgIpc) is 3.20. The summed E-state index contributed by atoms with van der Waals surface area (Å²) in [4.78, 5) is 2.40. The van der Waals surface area contributed by atoms with Crippen LogP contribution in [0.5, 0.6) is 11.5 Å². The SMILES string of the molecule is c1ccc(C2(c3cccc(N(c4ccc5ccccc5c4)c4ccc5ccccc5c4)c3)c3ccccc3Oc3c2ccc2ccccc32)cc1. The van der Waals surface area contributed by atoms with Gasteiger partial charge in [0.15, 0.2) is 0 Å². The van der Waals surface area contributed by atoms with Crippen molar-refractivity contribution in [2.75, 3.05) is 4.90 Å². The van der Waals surface area contributed by atoms with Crippen molar-refractivity contribution >= 4 is 49.4 Å². The molecule has 0 fully saturated rings. The molecule has 0 saturated carbocycles. The van der Waals surface area contributed by atoms with Crippen molar-refractivity contribution < 1.29 is 4.74 Å². The normalized spacial score (nSPS) is 14.9. The Hall–Kier alpha value is -6.64. The lowest BCUT2D eigenvalue weighted by Gasteiger charge is -2.42. The molecule has 1 aliphatic rings. The number of ether oxygens (including phenoxy) is 1. The average molecular weight is 652 g/mol. The molecule has 0 amide bonds. The van der Waals surface area contributed by atoms with Crippen molar-refractivity contribution in [1.82, 2.24) is 0 Å². The molecule has 9 aromatic carbocycles. The molecule has 240 valence electrons. The lowest BCUT2D eigenvalue weighted by molar-refractivity contribution is 0.440. The topological polar surface area (TPSA) is 12.5 Å². The highest BCUT2D eigenvalue weighted by Gasteiger charge is 2.46. The van der Waals surface area contributed by atoms with Crippen molar-refractivity contribution in [3.05, 3.63) is 222 Å². The minimum absolute atomic E-state index is 0.649. The maximum absolute atomic E-state index is 6.88. The third-order valence-corrected chi connectivity index (χ3v) is 10.5. The maximum atomic E-state index is 6.88. The number of anilines is 3. The summed E-state index contributed by atoms with van der Waals surface area (Å²) in [6, 6.07) is 72.3. The van der Waals surface area contributed by atoms with E-state index in [9.17, 15) is 0 Å². The van der Waals surface area contributed by atoms with E-state index in [4.69, 9.17) is 4.74 Å². The molecule has 1 unspecified atom stereocenters. The predicted molar refractivity (Wildman–Crippen MR) is 212 cm³/mol. The van der Waals surface area contributed by atoms with E-state index in [2.05, 4.69) is 205 Å². The minimum Gasteiger partial charge on any atom is -0.456 e. The van der Waals surface area contributed by atoms with Crippen LogP contribution in [0, 0.1) is 0 Å². The van der Waals surface area contributed by atoms with E-state index in [0.717, 1.165) is 50.5 Å². The number of nitrogens with zero attached hydrogens (tertiary/aromatic N) is 1. The number of fused-ring (bicyclic) bond motifs is 6. The highest BCUT2D eigenvalue weighted by Crippen LogP contribution is 2.57. The lowest BCUT2D eigenvalue weighted by atomic mass is 9.63. The molecule has 0 spiro atoms. The summed E-state index contributed by atoms with van der Waals surface area (Å²) in [6.07, 6.45) is 0. The van der Waals surface area contributed by atoms with E-state index in [1.54, 1.807) is 0 Å². The number of hydrogen-bond donors (Lipinski definition) is 0. The summed E-state index contributed by atoms with van der Waals surface area (Å²) in [7, 11) is 0. The molecule has 2 nitrogen and oxygen atoms in total. The Labute approximate surface area is 297 Å². The monoisotopic (exact) mass is 651 g/mol. The first-order valence-electron chi connectivity index (χ1n) is 17.5. The summed E-state index contributed by atoms with van der Waals surface area (Å²) < 4.78 is 6.88. The van der Waals surface area contributed by atoms with E-state index in [0.29, 0.717) is 0 Å². The summed E-state index contributed by atoms with van der Waals surface area (Å²) >= 11 is 0. The number of rotatable bonds is 5. The van der Waals surface area contributed by atoms with Gasteiger partial charge in [0.2, 0.25) is 0 Å². The Morgan fingerprint density at radius 1 is 0.353 bits per heavy atom. The standard InChI is InChI=1S/C49H33NO/c1-2-18-39(19-3-1)49(45-23-10-11-24-47(45)51-48-44-22-9-8-15-36(44)27-30-46(48)49)40-20-12-21-41(33-40)50(42-28-25-34-13-4-6-16-37(34)31-42)43-29-26-35-14-5-7-17-38(35)32-43/h1-33H. The van der Waals surface area contributed by atoms with Gasteiger partial charge in [-0.3, -0.25) is 0 Å². The molecule has 1 heterocycles. The zero-order chi connectivity index (χ0) is 33.8. The van der Waals surface area contributed by atoms with Crippen molar-refractivity contribution in [1.29, 1.82) is 0 Å². The maximum Gasteiger partial charge on any atom is 0.140 e. The van der Waals surface area contributed by atoms with Crippen LogP contribution in [0.2, 0.25) is 0 Å². The van der Waals surface area contributed by atoms with Gasteiger partial charge in [0.05, 0.1) is 5.41 Å². The second-order valence-corrected chi connectivity index (χ2v) is 13.3. The fourth-order valence-corrected chi connectivity index (χ4v) is 8.20. The zero-order valence-corrected chi connectivity index (χ0v) is 27.9. The molecule has 0 radical (unpaired) electrons. The Kier molecular flexibility index (Phi) is 6.75. The van der Waals surface area contributed by atoms with Gasteiger partial charge < -0.3 is 9.64 Å². The van der Waals surface area contributed by atoms with Gasteiger partial charge in [0.1, 0.15) is 11.5 Å². The van der Waals surface area contributed by atoms with Crippen LogP contribution in [0.15, 0.2) is 200 Å². The summed E-state index contributed by atoms with van der Waals surface area (Å²) in [5.74, 6) is 1.78. The van der Waals surface area contributed by atoms with Crippen LogP contribution in [-0.4, -0.2) is 0 Å². The molecule has 1 aliphatic heterocycles. The molecule has 9 aromatic rings. The Morgan fingerprint density at radius 2 is 0.902 bits per heavy atom. The van der Waals surface area contributed by atoms with Gasteiger partial charge in [-0.05, 0) is 80.5 Å². The zero-order valence-electron chi connectivity index (χ0n) is 27.9. The van der Waals surface area contributed by atoms with Crippen LogP contribution in [0.4, 0.5) is 17.1 Å². The van der Waals surface area contributed by atoms with Crippen molar-refractivity contribution in [3.63, 3.8) is 0 Å². The lowest BCUT2D eigenvalue weighted by Crippen LogP contribution is -2.34. The van der Waals surface area contributed by atoms with Gasteiger partial charge in [-0.1, -0.05) is 158 Å². The molecule has 10 rings (SSSR count). The first-order valence-corrected chi connectivity index (χ1v) is 17.5. The van der Waals surface area contributed by atoms with Gasteiger partial charge in [0, 0.05) is 33.6 Å². The molecule has 0 bridgehead atoms. The predicted octanol–water partition coefficient (Wildman–Crippen LogP) is 13.1. The van der Waals surface area contributed by atoms with E-state index in [1.807, 2.05) is 0 Å². The quantitative estimate of drug-likeness (QED) is 0.184. The fraction of sp³-hybridized carbons (Fsp3) is 0.0204. The molecule has 0 aliphatic carbocycles. The van der Waals surface area contributed by atoms with Gasteiger partial charge in [-0.25, -0.2) is 0 Å². The molecule has 2 heteroatoms. The smallest absolute Gasteiger partial charge is 0.140 e. The van der Waals surface area contributed by atoms with Crippen LogP contribution >= 0.6 is 0 Å². The van der Waals surface area contributed by atoms with Crippen molar-refractivity contribution in [2.24, 2.45) is 0 Å². The highest BCUT2D eigenvalue weighted by atomic mass is 16.5. The van der Waals surface area contributed by atoms with E-state index >= 15 is 0 Å². The first-order chi connectivity index (χ1) is 25.3. The molecule has 0 N–H and O–H groups in total. The Balaban J connectivity index is 1.27. The van der Waals surface area contributed by atoms with Gasteiger partial charge in [-0.2, -0.15) is 0 Å². The Morgan fingerprint density at radius 3 is 1.63 bits per heavy atom. The first kappa shape index (κ1) is 29.3. The molecular weight excluding hydrogens is 619 g/mol. The van der Waals surface area contributed by atoms with Crippen LogP contribution in [-0.2, 0) is 5.41 Å². The minimum atomic E-state index is -0.649. The van der Waals surface area contributed by atoms with Crippen molar-refractivity contribution in [3.8, 4) is 11.5 Å². The van der Waals surface area contributed by atoms with Gasteiger partial charge >= 0.3 is 0 Å². The van der Waals surface area contributed by atoms with Gasteiger partial charge in [0.25, 0.3) is 0 Å². The van der Waals surface area contributed by atoms with Crippen LogP contribution in [0.1, 0.15) is 22.3 Å². The van der Waals surface area contributed by atoms with Crippen LogP contribution < -0.4 is 9.64 Å². The molecule has 0 saturated heterocycles. The Bertz CT molecular complexity index is 2670. The molecule has 51 heavy (non-hydrogen) atoms. The summed E-state index contributed by atoms with van der Waals surface area (Å²) in [6.45, 7) is 0. The second-order valence-electron chi connectivity index (χ2n) is 13.3. The molecule has 1 atom stereocenters. The third kappa shape index (κ3) is 4.65. The van der Waals surface area contributed by atoms with E-state index in [1.165, 1.54) is 32.7 Å². The summed E-state index contributed by atoms with van der Waals surface area (Å²) in [5, 5.41) is 7.12. The van der Waals surface area contributed by atoms with Crippen molar-refractivity contribution in [2.45, 2.75) is 5.41 Å². The number of para-hydroxylation sites is 1. The molecular formula is C49H33NO. The van der Waals surface area contributed by atoms with Crippen LogP contribution in [0.3, 0.4) is 0 Å². The third-order valence-electron chi connectivity index (χ3n) is 10.5. The largest absolute Gasteiger partial charge is 0.456 e. The second kappa shape index (κ2) is 11.8. The fourth-order valence-electron chi connectivity index (χ4n) is 8.20. The van der Waals surface area contributed by atoms with E-state index in [-0.39, 0.29) is 0 Å². The number of hydrogen-bond acceptors (Lipinski definition) is 2. The van der Waals surface area contributed by atoms with Gasteiger partial charge in [-0.15, -0.1) is 0 Å². The number of benzene rings is 9.